The molecule has 4 aromatic rings. The molecule has 1 aliphatic rings. The number of hydrogen-bond donors (Lipinski definition) is 3. The molecule has 3 aromatic carbocycles. The van der Waals surface area contributed by atoms with Gasteiger partial charge >= 0.3 is 0 Å². The van der Waals surface area contributed by atoms with Crippen LogP contribution in [0, 0.1) is 6.92 Å². The number of rotatable bonds is 4. The number of nitrogens with one attached hydrogen (secondary N) is 1. The van der Waals surface area contributed by atoms with Gasteiger partial charge in [0.1, 0.15) is 5.52 Å². The highest BCUT2D eigenvalue weighted by atomic mass is 32.2. The quantitative estimate of drug-likeness (QED) is 0.358. The summed E-state index contributed by atoms with van der Waals surface area (Å²) in [5.74, 6) is 0.136. The maximum absolute atomic E-state index is 11.5. The van der Waals surface area contributed by atoms with E-state index in [9.17, 15) is 13.2 Å². The molecule has 5 rings (SSSR count). The summed E-state index contributed by atoms with van der Waals surface area (Å²) < 4.78 is 31.4. The normalized spacial score (nSPS) is 15.4. The van der Waals surface area contributed by atoms with Crippen molar-refractivity contribution in [3.05, 3.63) is 89.6 Å². The summed E-state index contributed by atoms with van der Waals surface area (Å²) in [7, 11) is -4.02. The molecule has 1 fully saturated rings. The van der Waals surface area contributed by atoms with E-state index >= 15 is 0 Å². The van der Waals surface area contributed by atoms with Crippen molar-refractivity contribution in [2.45, 2.75) is 30.6 Å². The van der Waals surface area contributed by atoms with Crippen molar-refractivity contribution >= 4 is 26.9 Å². The van der Waals surface area contributed by atoms with Crippen molar-refractivity contribution in [2.24, 2.45) is 5.73 Å². The van der Waals surface area contributed by atoms with Gasteiger partial charge in [-0.05, 0) is 68.1 Å². The number of nitrogens with zero attached hydrogens (tertiary/aromatic N) is 2. The lowest BCUT2D eigenvalue weighted by Crippen LogP contribution is -2.28. The van der Waals surface area contributed by atoms with Gasteiger partial charge in [-0.3, -0.25) is 9.35 Å². The van der Waals surface area contributed by atoms with E-state index in [1.807, 2.05) is 25.3 Å². The molecule has 1 aliphatic heterocycles. The van der Waals surface area contributed by atoms with E-state index in [0.29, 0.717) is 17.0 Å². The number of carbonyl (C=O) groups excluding carboxylic acids is 1. The number of fused-ring (bicyclic) bond motifs is 1. The van der Waals surface area contributed by atoms with Gasteiger partial charge in [-0.2, -0.15) is 13.5 Å². The fourth-order valence-electron chi connectivity index (χ4n) is 4.12. The highest BCUT2D eigenvalue weighted by molar-refractivity contribution is 7.85. The molecule has 1 atom stereocenters. The van der Waals surface area contributed by atoms with Gasteiger partial charge in [-0.1, -0.05) is 42.0 Å². The fourth-order valence-corrected chi connectivity index (χ4v) is 4.60. The van der Waals surface area contributed by atoms with Crippen LogP contribution in [0.4, 0.5) is 0 Å². The van der Waals surface area contributed by atoms with Crippen LogP contribution in [-0.2, 0) is 10.1 Å². The van der Waals surface area contributed by atoms with Gasteiger partial charge in [-0.15, -0.1) is 0 Å². The number of benzene rings is 3. The summed E-state index contributed by atoms with van der Waals surface area (Å²) in [4.78, 5) is 11.5. The summed E-state index contributed by atoms with van der Waals surface area (Å²) in [5, 5.41) is 8.91. The van der Waals surface area contributed by atoms with Crippen LogP contribution in [0.3, 0.4) is 0 Å². The topological polar surface area (TPSA) is 159 Å². The fraction of sp³-hybridized carbons (Fsp3) is 0.231. The lowest BCUT2D eigenvalue weighted by molar-refractivity contribution is 0.100. The molecule has 1 saturated heterocycles. The number of primary amides is 1. The molecule has 10 heteroatoms. The number of carbonyl (C=O) groups is 1. The average Bonchev–Trinajstić information content (AvgIpc) is 3.29. The largest absolute Gasteiger partial charge is 0.412 e. The highest BCUT2D eigenvalue weighted by Gasteiger charge is 2.15. The number of piperidine rings is 1. The molecule has 0 spiro atoms. The van der Waals surface area contributed by atoms with Crippen LogP contribution in [0.5, 0.6) is 0 Å². The molecule has 0 bridgehead atoms. The Hall–Kier alpha value is -3.57. The molecule has 6 N–H and O–H groups in total. The third-order valence-electron chi connectivity index (χ3n) is 6.05. The minimum Gasteiger partial charge on any atom is -0.412 e. The Balaban J connectivity index is 0.000000256. The van der Waals surface area contributed by atoms with Crippen LogP contribution in [0.15, 0.2) is 77.8 Å². The second-order valence-corrected chi connectivity index (χ2v) is 10.0. The Labute approximate surface area is 210 Å². The van der Waals surface area contributed by atoms with Crippen molar-refractivity contribution in [3.63, 3.8) is 0 Å². The predicted octanol–water partition coefficient (Wildman–Crippen LogP) is 3.01. The first kappa shape index (κ1) is 27.0. The number of aryl methyl sites for hydroxylation is 1. The van der Waals surface area contributed by atoms with Crippen LogP contribution in [0.2, 0.25) is 0 Å². The zero-order chi connectivity index (χ0) is 25.0. The second-order valence-electron chi connectivity index (χ2n) is 8.60. The van der Waals surface area contributed by atoms with Crippen LogP contribution in [-0.4, -0.2) is 47.2 Å². The van der Waals surface area contributed by atoms with Gasteiger partial charge < -0.3 is 16.5 Å². The maximum Gasteiger partial charge on any atom is 0.294 e. The molecular weight excluding hydrogens is 480 g/mol. The molecular formula is C26H30N4O5S. The van der Waals surface area contributed by atoms with Crippen molar-refractivity contribution in [1.29, 1.82) is 0 Å². The third-order valence-corrected chi connectivity index (χ3v) is 6.91. The molecule has 2 heterocycles. The first-order valence-electron chi connectivity index (χ1n) is 11.4. The van der Waals surface area contributed by atoms with E-state index < -0.39 is 16.0 Å². The SMILES string of the molecule is Cc1ccc(S(=O)(=O)O)cc1.NC(=O)c1cccc2cn(-c3ccc(C4CCCNC4)cc3)nc12.O. The van der Waals surface area contributed by atoms with E-state index in [-0.39, 0.29) is 10.4 Å². The van der Waals surface area contributed by atoms with E-state index in [0.717, 1.165) is 29.7 Å². The lowest BCUT2D eigenvalue weighted by Gasteiger charge is -2.23. The van der Waals surface area contributed by atoms with Gasteiger partial charge in [0.05, 0.1) is 16.1 Å². The zero-order valence-electron chi connectivity index (χ0n) is 19.9. The molecule has 0 aliphatic carbocycles. The molecule has 0 radical (unpaired) electrons. The predicted molar refractivity (Wildman–Crippen MR) is 139 cm³/mol. The second kappa shape index (κ2) is 11.4. The van der Waals surface area contributed by atoms with Crippen LogP contribution < -0.4 is 11.1 Å². The van der Waals surface area contributed by atoms with Gasteiger partial charge in [0.15, 0.2) is 0 Å². The smallest absolute Gasteiger partial charge is 0.294 e. The molecule has 1 unspecified atom stereocenters. The number of hydrogen-bond acceptors (Lipinski definition) is 5. The van der Waals surface area contributed by atoms with E-state index in [1.165, 1.54) is 30.5 Å². The average molecular weight is 511 g/mol. The number of aromatic nitrogens is 2. The van der Waals surface area contributed by atoms with Crippen molar-refractivity contribution in [3.8, 4) is 5.69 Å². The summed E-state index contributed by atoms with van der Waals surface area (Å²) >= 11 is 0. The monoisotopic (exact) mass is 510 g/mol. The standard InChI is InChI=1S/C19H20N4O.C7H8O3S.H2O/c20-19(24)17-5-1-3-15-12-23(22-18(15)17)16-8-6-13(7-9-16)14-4-2-10-21-11-14;1-6-2-4-7(5-3-6)11(8,9)10;/h1,3,5-9,12,14,21H,2,4,10-11H2,(H2,20,24);2-5H,1H3,(H,8,9,10);1H2. The minimum absolute atomic E-state index is 0. The summed E-state index contributed by atoms with van der Waals surface area (Å²) in [5.41, 5.74) is 9.83. The highest BCUT2D eigenvalue weighted by Crippen LogP contribution is 2.25. The third kappa shape index (κ3) is 6.35. The Morgan fingerprint density at radius 2 is 1.78 bits per heavy atom. The van der Waals surface area contributed by atoms with E-state index in [1.54, 1.807) is 22.9 Å². The van der Waals surface area contributed by atoms with Crippen molar-refractivity contribution in [2.75, 3.05) is 13.1 Å². The minimum atomic E-state index is -4.02. The van der Waals surface area contributed by atoms with Gasteiger partial charge in [-0.25, -0.2) is 4.68 Å². The van der Waals surface area contributed by atoms with Crippen LogP contribution in [0.1, 0.15) is 40.2 Å². The molecule has 190 valence electrons. The summed E-state index contributed by atoms with van der Waals surface area (Å²) in [6.45, 7) is 4.01. The summed E-state index contributed by atoms with van der Waals surface area (Å²) in [6, 6.07) is 20.0. The lowest BCUT2D eigenvalue weighted by atomic mass is 9.92. The molecule has 9 nitrogen and oxygen atoms in total. The Bertz CT molecular complexity index is 1430. The number of nitrogens with two attached hydrogens (primary N) is 1. The molecule has 0 saturated carbocycles. The summed E-state index contributed by atoms with van der Waals surface area (Å²) in [6.07, 6.45) is 4.39. The van der Waals surface area contributed by atoms with Gasteiger partial charge in [0.2, 0.25) is 0 Å². The van der Waals surface area contributed by atoms with Crippen molar-refractivity contribution in [1.82, 2.24) is 15.1 Å². The Kier molecular flexibility index (Phi) is 8.59. The Morgan fingerprint density at radius 1 is 1.08 bits per heavy atom. The molecule has 36 heavy (non-hydrogen) atoms. The van der Waals surface area contributed by atoms with Crippen LogP contribution in [0.25, 0.3) is 16.6 Å². The first-order valence-corrected chi connectivity index (χ1v) is 12.8. The van der Waals surface area contributed by atoms with E-state index in [2.05, 4.69) is 34.7 Å². The van der Waals surface area contributed by atoms with Crippen LogP contribution >= 0.6 is 0 Å². The number of amides is 1. The molecule has 1 amide bonds. The van der Waals surface area contributed by atoms with E-state index in [4.69, 9.17) is 10.3 Å². The van der Waals surface area contributed by atoms with Gasteiger partial charge in [0.25, 0.3) is 16.0 Å². The maximum atomic E-state index is 11.5. The zero-order valence-corrected chi connectivity index (χ0v) is 20.7. The van der Waals surface area contributed by atoms with Gasteiger partial charge in [0, 0.05) is 18.1 Å². The van der Waals surface area contributed by atoms with Crippen molar-refractivity contribution < 1.29 is 23.2 Å². The molecule has 1 aromatic heterocycles. The first-order chi connectivity index (χ1) is 16.7. The Morgan fingerprint density at radius 3 is 2.36 bits per heavy atom.